The molecule has 3 nitrogen and oxygen atoms in total. The topological polar surface area (TPSA) is 39.2 Å². The van der Waals surface area contributed by atoms with Crippen molar-refractivity contribution in [2.45, 2.75) is 20.8 Å². The van der Waals surface area contributed by atoms with Crippen LogP contribution in [0.4, 0.5) is 4.39 Å². The van der Waals surface area contributed by atoms with Gasteiger partial charge in [-0.15, -0.1) is 0 Å². The summed E-state index contributed by atoms with van der Waals surface area (Å²) in [4.78, 5) is 15.4. The molecule has 0 amide bonds. The lowest BCUT2D eigenvalue weighted by molar-refractivity contribution is 0.112. The number of hydrogen-bond donors (Lipinski definition) is 0. The van der Waals surface area contributed by atoms with E-state index in [4.69, 9.17) is 16.3 Å². The van der Waals surface area contributed by atoms with Gasteiger partial charge in [-0.2, -0.15) is 0 Å². The maximum atomic E-state index is 13.3. The van der Waals surface area contributed by atoms with Gasteiger partial charge in [-0.1, -0.05) is 11.6 Å². The summed E-state index contributed by atoms with van der Waals surface area (Å²) < 4.78 is 19.0. The maximum Gasteiger partial charge on any atom is 0.155 e. The highest BCUT2D eigenvalue weighted by Gasteiger charge is 2.14. The van der Waals surface area contributed by atoms with Crippen molar-refractivity contribution < 1.29 is 13.9 Å². The van der Waals surface area contributed by atoms with Gasteiger partial charge in [0.2, 0.25) is 0 Å². The molecular formula is C15H13ClFNO2. The molecule has 0 fully saturated rings. The monoisotopic (exact) mass is 293 g/mol. The quantitative estimate of drug-likeness (QED) is 0.787. The van der Waals surface area contributed by atoms with E-state index in [1.807, 2.05) is 19.9 Å². The zero-order chi connectivity index (χ0) is 14.9. The summed E-state index contributed by atoms with van der Waals surface area (Å²) in [6, 6.07) is 4.36. The van der Waals surface area contributed by atoms with Crippen LogP contribution < -0.4 is 4.74 Å². The summed E-state index contributed by atoms with van der Waals surface area (Å²) in [7, 11) is 0. The zero-order valence-electron chi connectivity index (χ0n) is 11.3. The number of nitrogens with zero attached hydrogens (tertiary/aromatic N) is 1. The lowest BCUT2D eigenvalue weighted by Crippen LogP contribution is -1.98. The smallest absolute Gasteiger partial charge is 0.155 e. The number of carbonyl (C=O) groups excluding carboxylic acids is 1. The molecule has 0 aliphatic carbocycles. The predicted molar refractivity (Wildman–Crippen MR) is 75.3 cm³/mol. The van der Waals surface area contributed by atoms with Crippen molar-refractivity contribution in [3.05, 3.63) is 51.6 Å². The van der Waals surface area contributed by atoms with Crippen molar-refractivity contribution in [3.8, 4) is 11.5 Å². The lowest BCUT2D eigenvalue weighted by Gasteiger charge is -2.13. The van der Waals surface area contributed by atoms with Gasteiger partial charge in [-0.25, -0.2) is 4.39 Å². The van der Waals surface area contributed by atoms with Crippen molar-refractivity contribution in [1.29, 1.82) is 0 Å². The third kappa shape index (κ3) is 2.65. The molecule has 0 radical (unpaired) electrons. The first kappa shape index (κ1) is 14.5. The van der Waals surface area contributed by atoms with Crippen LogP contribution in [-0.2, 0) is 0 Å². The number of aryl methyl sites for hydroxylation is 3. The second kappa shape index (κ2) is 5.59. The van der Waals surface area contributed by atoms with E-state index in [-0.39, 0.29) is 16.3 Å². The minimum absolute atomic E-state index is 0.00991. The largest absolute Gasteiger partial charge is 0.455 e. The van der Waals surface area contributed by atoms with Gasteiger partial charge in [-0.3, -0.25) is 9.78 Å². The molecule has 1 aromatic carbocycles. The number of benzene rings is 1. The van der Waals surface area contributed by atoms with E-state index >= 15 is 0 Å². The fourth-order valence-corrected chi connectivity index (χ4v) is 1.97. The van der Waals surface area contributed by atoms with Gasteiger partial charge < -0.3 is 4.74 Å². The molecule has 1 heterocycles. The van der Waals surface area contributed by atoms with Crippen molar-refractivity contribution in [3.63, 3.8) is 0 Å². The van der Waals surface area contributed by atoms with Crippen molar-refractivity contribution in [2.24, 2.45) is 0 Å². The number of carbonyl (C=O) groups is 1. The third-order valence-electron chi connectivity index (χ3n) is 3.04. The van der Waals surface area contributed by atoms with Crippen LogP contribution in [0.5, 0.6) is 11.5 Å². The highest BCUT2D eigenvalue weighted by Crippen LogP contribution is 2.32. The number of rotatable bonds is 3. The normalized spacial score (nSPS) is 10.4. The van der Waals surface area contributed by atoms with Crippen LogP contribution in [-0.4, -0.2) is 11.3 Å². The van der Waals surface area contributed by atoms with Gasteiger partial charge in [0.15, 0.2) is 6.29 Å². The fourth-order valence-electron chi connectivity index (χ4n) is 1.77. The van der Waals surface area contributed by atoms with E-state index in [1.54, 1.807) is 6.92 Å². The Balaban J connectivity index is 2.48. The van der Waals surface area contributed by atoms with E-state index in [0.29, 0.717) is 17.7 Å². The Bertz CT molecular complexity index is 686. The summed E-state index contributed by atoms with van der Waals surface area (Å²) in [5.41, 5.74) is 2.55. The first-order valence-corrected chi connectivity index (χ1v) is 6.37. The Labute approximate surface area is 121 Å². The van der Waals surface area contributed by atoms with Crippen molar-refractivity contribution in [1.82, 2.24) is 4.98 Å². The molecule has 0 atom stereocenters. The average Bonchev–Trinajstić information content (AvgIpc) is 2.40. The lowest BCUT2D eigenvalue weighted by atomic mass is 10.2. The van der Waals surface area contributed by atoms with Gasteiger partial charge in [0.25, 0.3) is 0 Å². The molecule has 0 saturated heterocycles. The van der Waals surface area contributed by atoms with E-state index in [1.165, 1.54) is 6.07 Å². The van der Waals surface area contributed by atoms with E-state index in [2.05, 4.69) is 4.98 Å². The Kier molecular flexibility index (Phi) is 4.04. The first-order chi connectivity index (χ1) is 9.43. The summed E-state index contributed by atoms with van der Waals surface area (Å²) in [6.45, 7) is 5.61. The molecular weight excluding hydrogens is 281 g/mol. The van der Waals surface area contributed by atoms with Crippen LogP contribution in [0.2, 0.25) is 5.02 Å². The van der Waals surface area contributed by atoms with Crippen LogP contribution in [0.3, 0.4) is 0 Å². The van der Waals surface area contributed by atoms with Gasteiger partial charge >= 0.3 is 0 Å². The third-order valence-corrected chi connectivity index (χ3v) is 3.42. The summed E-state index contributed by atoms with van der Waals surface area (Å²) in [5, 5.41) is -0.244. The molecule has 20 heavy (non-hydrogen) atoms. The van der Waals surface area contributed by atoms with E-state index in [9.17, 15) is 9.18 Å². The Hall–Kier alpha value is -1.94. The van der Waals surface area contributed by atoms with Crippen LogP contribution in [0.1, 0.15) is 27.3 Å². The molecule has 104 valence electrons. The van der Waals surface area contributed by atoms with Gasteiger partial charge in [0.05, 0.1) is 16.3 Å². The fraction of sp³-hybridized carbons (Fsp3) is 0.200. The standard InChI is InChI=1S/C15H13ClFNO2/c1-8-6-14(10(3)18-9(8)2)20-13-5-4-12(17)15(16)11(13)7-19/h4-7H,1-3H3. The average molecular weight is 294 g/mol. The Morgan fingerprint density at radius 2 is 1.90 bits per heavy atom. The number of pyridine rings is 1. The van der Waals surface area contributed by atoms with Crippen LogP contribution in [0.25, 0.3) is 0 Å². The maximum absolute atomic E-state index is 13.3. The zero-order valence-corrected chi connectivity index (χ0v) is 12.1. The van der Waals surface area contributed by atoms with Gasteiger partial charge in [-0.05, 0) is 44.5 Å². The molecule has 2 aromatic rings. The molecule has 0 aliphatic heterocycles. The molecule has 2 rings (SSSR count). The van der Waals surface area contributed by atoms with Gasteiger partial charge in [0.1, 0.15) is 17.3 Å². The second-order valence-corrected chi connectivity index (χ2v) is 4.85. The molecule has 0 N–H and O–H groups in total. The van der Waals surface area contributed by atoms with Crippen molar-refractivity contribution in [2.75, 3.05) is 0 Å². The highest BCUT2D eigenvalue weighted by molar-refractivity contribution is 6.33. The number of aldehydes is 1. The molecule has 0 unspecified atom stereocenters. The predicted octanol–water partition coefficient (Wildman–Crippen LogP) is 4.40. The first-order valence-electron chi connectivity index (χ1n) is 6.00. The minimum atomic E-state index is -0.656. The Morgan fingerprint density at radius 3 is 2.55 bits per heavy atom. The number of hydrogen-bond acceptors (Lipinski definition) is 3. The SMILES string of the molecule is Cc1cc(Oc2ccc(F)c(Cl)c2C=O)c(C)nc1C. The molecule has 0 aliphatic rings. The molecule has 0 saturated carbocycles. The summed E-state index contributed by atoms with van der Waals surface area (Å²) >= 11 is 5.76. The van der Waals surface area contributed by atoms with Crippen LogP contribution in [0, 0.1) is 26.6 Å². The van der Waals surface area contributed by atoms with Gasteiger partial charge in [0, 0.05) is 5.69 Å². The molecule has 1 aromatic heterocycles. The number of ether oxygens (including phenoxy) is 1. The van der Waals surface area contributed by atoms with Crippen molar-refractivity contribution >= 4 is 17.9 Å². The summed E-state index contributed by atoms with van der Waals surface area (Å²) in [5.74, 6) is 0.0643. The minimum Gasteiger partial charge on any atom is -0.455 e. The molecule has 0 spiro atoms. The number of aromatic nitrogens is 1. The van der Waals surface area contributed by atoms with Crippen LogP contribution >= 0.6 is 11.6 Å². The number of halogens is 2. The summed E-state index contributed by atoms with van der Waals surface area (Å²) in [6.07, 6.45) is 0.477. The Morgan fingerprint density at radius 1 is 1.20 bits per heavy atom. The van der Waals surface area contributed by atoms with Crippen LogP contribution in [0.15, 0.2) is 18.2 Å². The molecule has 0 bridgehead atoms. The van der Waals surface area contributed by atoms with E-state index in [0.717, 1.165) is 17.3 Å². The highest BCUT2D eigenvalue weighted by atomic mass is 35.5. The second-order valence-electron chi connectivity index (χ2n) is 4.47. The van der Waals surface area contributed by atoms with E-state index < -0.39 is 5.82 Å². The molecule has 5 heteroatoms.